The molecular weight excluding hydrogens is 296 g/mol. The molecule has 2 aromatic heterocycles. The molecule has 1 saturated carbocycles. The Morgan fingerprint density at radius 3 is 3.04 bits per heavy atom. The van der Waals surface area contributed by atoms with Crippen LogP contribution in [0.5, 0.6) is 0 Å². The van der Waals surface area contributed by atoms with Gasteiger partial charge < -0.3 is 10.1 Å². The number of ether oxygens (including phenoxy) is 1. The first-order valence-corrected chi connectivity index (χ1v) is 7.97. The minimum Gasteiger partial charge on any atom is -0.369 e. The smallest absolute Gasteiger partial charge is 0.272 e. The lowest BCUT2D eigenvalue weighted by molar-refractivity contribution is -0.00697. The van der Waals surface area contributed by atoms with Gasteiger partial charge in [0.05, 0.1) is 29.6 Å². The predicted octanol–water partition coefficient (Wildman–Crippen LogP) is 0.942. The quantitative estimate of drug-likeness (QED) is 0.875. The fourth-order valence-corrected chi connectivity index (χ4v) is 3.28. The maximum absolute atomic E-state index is 12.6. The number of H-pyrrole nitrogens is 1. The molecule has 1 aliphatic carbocycles. The SMILES string of the molecule is C[C@@H]1Cc2c(C(=O)NCC3(n4ccnn4)CC3)n[nH]c2[C@H](C)O1. The Balaban J connectivity index is 1.49. The van der Waals surface area contributed by atoms with Crippen molar-refractivity contribution in [2.75, 3.05) is 6.54 Å². The number of carbonyl (C=O) groups excluding carboxylic acids is 1. The molecule has 1 fully saturated rings. The first kappa shape index (κ1) is 14.4. The minimum atomic E-state index is -0.143. The second-order valence-electron chi connectivity index (χ2n) is 6.51. The third-order valence-corrected chi connectivity index (χ3v) is 4.76. The molecule has 0 spiro atoms. The minimum absolute atomic E-state index is 0.0623. The molecule has 0 unspecified atom stereocenters. The topological polar surface area (TPSA) is 97.7 Å². The van der Waals surface area contributed by atoms with Crippen molar-refractivity contribution in [3.8, 4) is 0 Å². The summed E-state index contributed by atoms with van der Waals surface area (Å²) in [7, 11) is 0. The molecule has 4 rings (SSSR count). The largest absolute Gasteiger partial charge is 0.369 e. The summed E-state index contributed by atoms with van der Waals surface area (Å²) in [6, 6.07) is 0. The summed E-state index contributed by atoms with van der Waals surface area (Å²) >= 11 is 0. The molecule has 2 aliphatic rings. The second kappa shape index (κ2) is 5.16. The van der Waals surface area contributed by atoms with Crippen LogP contribution >= 0.6 is 0 Å². The lowest BCUT2D eigenvalue weighted by Gasteiger charge is -2.25. The van der Waals surface area contributed by atoms with Gasteiger partial charge in [0.15, 0.2) is 5.69 Å². The number of nitrogens with zero attached hydrogens (tertiary/aromatic N) is 4. The van der Waals surface area contributed by atoms with Crippen LogP contribution in [0.15, 0.2) is 12.4 Å². The fourth-order valence-electron chi connectivity index (χ4n) is 3.28. The number of carbonyl (C=O) groups is 1. The zero-order valence-electron chi connectivity index (χ0n) is 13.2. The summed E-state index contributed by atoms with van der Waals surface area (Å²) in [5, 5.41) is 18.1. The molecule has 2 N–H and O–H groups in total. The highest BCUT2D eigenvalue weighted by Crippen LogP contribution is 2.42. The average Bonchev–Trinajstić information content (AvgIpc) is 2.95. The van der Waals surface area contributed by atoms with Crippen molar-refractivity contribution >= 4 is 5.91 Å². The Hall–Kier alpha value is -2.22. The van der Waals surface area contributed by atoms with E-state index in [1.165, 1.54) is 0 Å². The zero-order chi connectivity index (χ0) is 16.0. The summed E-state index contributed by atoms with van der Waals surface area (Å²) < 4.78 is 7.60. The van der Waals surface area contributed by atoms with Gasteiger partial charge in [-0.05, 0) is 26.7 Å². The van der Waals surface area contributed by atoms with Crippen LogP contribution in [0.25, 0.3) is 0 Å². The summed E-state index contributed by atoms with van der Waals surface area (Å²) in [5.41, 5.74) is 2.24. The normalized spacial score (nSPS) is 25.0. The number of amides is 1. The zero-order valence-corrected chi connectivity index (χ0v) is 13.2. The number of fused-ring (bicyclic) bond motifs is 1. The van der Waals surface area contributed by atoms with E-state index in [0.29, 0.717) is 18.7 Å². The van der Waals surface area contributed by atoms with Crippen LogP contribution in [0.1, 0.15) is 54.5 Å². The van der Waals surface area contributed by atoms with Crippen LogP contribution in [0.2, 0.25) is 0 Å². The number of aromatic nitrogens is 5. The van der Waals surface area contributed by atoms with Gasteiger partial charge in [-0.2, -0.15) is 5.10 Å². The maximum Gasteiger partial charge on any atom is 0.272 e. The van der Waals surface area contributed by atoms with E-state index in [2.05, 4.69) is 25.8 Å². The summed E-state index contributed by atoms with van der Waals surface area (Å²) in [4.78, 5) is 12.6. The Labute approximate surface area is 133 Å². The van der Waals surface area contributed by atoms with E-state index in [-0.39, 0.29) is 23.7 Å². The van der Waals surface area contributed by atoms with E-state index < -0.39 is 0 Å². The lowest BCUT2D eigenvalue weighted by Crippen LogP contribution is -2.36. The van der Waals surface area contributed by atoms with Gasteiger partial charge in [0, 0.05) is 24.7 Å². The van der Waals surface area contributed by atoms with Crippen molar-refractivity contribution in [3.05, 3.63) is 29.3 Å². The van der Waals surface area contributed by atoms with E-state index in [1.807, 2.05) is 24.7 Å². The molecule has 2 aromatic rings. The Bertz CT molecular complexity index is 718. The highest BCUT2D eigenvalue weighted by atomic mass is 16.5. The van der Waals surface area contributed by atoms with Crippen molar-refractivity contribution in [2.45, 2.75) is 50.9 Å². The molecule has 1 amide bonds. The average molecular weight is 316 g/mol. The third kappa shape index (κ3) is 2.42. The van der Waals surface area contributed by atoms with Crippen molar-refractivity contribution < 1.29 is 9.53 Å². The Morgan fingerprint density at radius 1 is 1.52 bits per heavy atom. The number of hydrogen-bond donors (Lipinski definition) is 2. The van der Waals surface area contributed by atoms with Crippen LogP contribution in [0.4, 0.5) is 0 Å². The van der Waals surface area contributed by atoms with E-state index >= 15 is 0 Å². The van der Waals surface area contributed by atoms with Crippen molar-refractivity contribution in [1.29, 1.82) is 0 Å². The molecule has 0 saturated heterocycles. The molecular formula is C15H20N6O2. The lowest BCUT2D eigenvalue weighted by atomic mass is 9.99. The van der Waals surface area contributed by atoms with E-state index in [9.17, 15) is 4.79 Å². The first-order chi connectivity index (χ1) is 11.1. The summed E-state index contributed by atoms with van der Waals surface area (Å²) in [6.07, 6.45) is 6.23. The molecule has 122 valence electrons. The van der Waals surface area contributed by atoms with Crippen LogP contribution in [-0.4, -0.2) is 43.7 Å². The van der Waals surface area contributed by atoms with Gasteiger partial charge in [-0.3, -0.25) is 9.89 Å². The van der Waals surface area contributed by atoms with Crippen LogP contribution in [0.3, 0.4) is 0 Å². The van der Waals surface area contributed by atoms with Gasteiger partial charge in [0.2, 0.25) is 0 Å². The Morgan fingerprint density at radius 2 is 2.35 bits per heavy atom. The number of rotatable bonds is 4. The van der Waals surface area contributed by atoms with Gasteiger partial charge in [-0.25, -0.2) is 4.68 Å². The number of aromatic amines is 1. The number of nitrogens with one attached hydrogen (secondary N) is 2. The molecule has 0 radical (unpaired) electrons. The van der Waals surface area contributed by atoms with Crippen molar-refractivity contribution in [2.24, 2.45) is 0 Å². The monoisotopic (exact) mass is 316 g/mol. The predicted molar refractivity (Wildman–Crippen MR) is 80.8 cm³/mol. The highest BCUT2D eigenvalue weighted by molar-refractivity contribution is 5.94. The molecule has 23 heavy (non-hydrogen) atoms. The van der Waals surface area contributed by atoms with Gasteiger partial charge in [0.25, 0.3) is 5.91 Å². The van der Waals surface area contributed by atoms with Gasteiger partial charge in [-0.1, -0.05) is 5.21 Å². The van der Waals surface area contributed by atoms with E-state index in [1.54, 1.807) is 6.20 Å². The third-order valence-electron chi connectivity index (χ3n) is 4.76. The maximum atomic E-state index is 12.6. The molecule has 8 nitrogen and oxygen atoms in total. The van der Waals surface area contributed by atoms with Crippen LogP contribution in [-0.2, 0) is 16.7 Å². The standard InChI is InChI=1S/C15H20N6O2/c1-9-7-11-12(10(2)23-9)18-19-13(11)14(22)16-8-15(3-4-15)21-6-5-17-20-21/h5-6,9-10H,3-4,7-8H2,1-2H3,(H,16,22)(H,18,19)/t9-,10+/m1/s1. The Kier molecular flexibility index (Phi) is 3.22. The molecule has 0 bridgehead atoms. The van der Waals surface area contributed by atoms with Gasteiger partial charge >= 0.3 is 0 Å². The first-order valence-electron chi connectivity index (χ1n) is 7.97. The molecule has 3 heterocycles. The highest BCUT2D eigenvalue weighted by Gasteiger charge is 2.46. The van der Waals surface area contributed by atoms with Crippen LogP contribution < -0.4 is 5.32 Å². The molecule has 1 aliphatic heterocycles. The molecule has 0 aromatic carbocycles. The van der Waals surface area contributed by atoms with Gasteiger partial charge in [0.1, 0.15) is 0 Å². The van der Waals surface area contributed by atoms with Crippen molar-refractivity contribution in [1.82, 2.24) is 30.5 Å². The fraction of sp³-hybridized carbons (Fsp3) is 0.600. The second-order valence-corrected chi connectivity index (χ2v) is 6.51. The number of hydrogen-bond acceptors (Lipinski definition) is 5. The summed E-state index contributed by atoms with van der Waals surface area (Å²) in [6.45, 7) is 4.52. The van der Waals surface area contributed by atoms with Gasteiger partial charge in [-0.15, -0.1) is 5.10 Å². The van der Waals surface area contributed by atoms with Crippen LogP contribution in [0, 0.1) is 0 Å². The van der Waals surface area contributed by atoms with Crippen molar-refractivity contribution in [3.63, 3.8) is 0 Å². The van der Waals surface area contributed by atoms with E-state index in [0.717, 1.165) is 24.1 Å². The van der Waals surface area contributed by atoms with E-state index in [4.69, 9.17) is 4.74 Å². The molecule has 2 atom stereocenters. The summed E-state index contributed by atoms with van der Waals surface area (Å²) in [5.74, 6) is -0.143. The molecule has 8 heteroatoms.